The number of carbonyl (C=O) groups excluding carboxylic acids is 2. The minimum atomic E-state index is -0.426. The zero-order chi connectivity index (χ0) is 15.7. The highest BCUT2D eigenvalue weighted by molar-refractivity contribution is 5.85. The average Bonchev–Trinajstić information content (AvgIpc) is 2.71. The Balaban J connectivity index is 1.55. The number of carbonyl (C=O) groups is 2. The van der Waals surface area contributed by atoms with Crippen LogP contribution in [-0.4, -0.2) is 77.4 Å². The Morgan fingerprint density at radius 3 is 2.59 bits per heavy atom. The lowest BCUT2D eigenvalue weighted by molar-refractivity contribution is -0.132. The van der Waals surface area contributed by atoms with Crippen LogP contribution in [0.1, 0.15) is 32.6 Å². The molecule has 123 valence electrons. The fraction of sp³-hybridized carbons (Fsp3) is 0.812. The van der Waals surface area contributed by atoms with E-state index in [2.05, 4.69) is 16.2 Å². The molecule has 0 saturated carbocycles. The second kappa shape index (κ2) is 6.16. The maximum absolute atomic E-state index is 12.0. The van der Waals surface area contributed by atoms with Gasteiger partial charge < -0.3 is 10.6 Å². The molecule has 6 heteroatoms. The van der Waals surface area contributed by atoms with Crippen LogP contribution in [0.3, 0.4) is 0 Å². The van der Waals surface area contributed by atoms with Gasteiger partial charge in [0.25, 0.3) is 0 Å². The van der Waals surface area contributed by atoms with E-state index in [0.717, 1.165) is 65.0 Å². The lowest BCUT2D eigenvalue weighted by Gasteiger charge is -2.44. The van der Waals surface area contributed by atoms with Crippen LogP contribution < -0.4 is 5.73 Å². The smallest absolute Gasteiger partial charge is 0.237 e. The Hall–Kier alpha value is -1.14. The Bertz CT molecular complexity index is 443. The number of nitrogens with zero attached hydrogens (tertiary/aromatic N) is 3. The van der Waals surface area contributed by atoms with Crippen molar-refractivity contribution in [3.8, 4) is 0 Å². The van der Waals surface area contributed by atoms with Gasteiger partial charge in [0.15, 0.2) is 0 Å². The van der Waals surface area contributed by atoms with Gasteiger partial charge >= 0.3 is 0 Å². The summed E-state index contributed by atoms with van der Waals surface area (Å²) in [5.74, 6) is 0.00397. The number of primary amides is 1. The van der Waals surface area contributed by atoms with Crippen LogP contribution in [0.4, 0.5) is 0 Å². The summed E-state index contributed by atoms with van der Waals surface area (Å²) >= 11 is 0. The SMILES string of the molecule is CC(=O)N1CCN(CCN2C3C[CH]C[C@@]2(C(N)=O)CC3)CC1. The molecular formula is C16H27N4O2. The molecule has 3 aliphatic rings. The molecule has 6 nitrogen and oxygen atoms in total. The topological polar surface area (TPSA) is 69.9 Å². The van der Waals surface area contributed by atoms with Gasteiger partial charge in [0, 0.05) is 52.2 Å². The largest absolute Gasteiger partial charge is 0.368 e. The van der Waals surface area contributed by atoms with E-state index in [1.807, 2.05) is 4.90 Å². The second-order valence-electron chi connectivity index (χ2n) is 6.86. The summed E-state index contributed by atoms with van der Waals surface area (Å²) in [6.07, 6.45) is 6.10. The Kier molecular flexibility index (Phi) is 4.41. The van der Waals surface area contributed by atoms with Crippen LogP contribution in [0, 0.1) is 6.42 Å². The standard InChI is InChI=1S/C16H27N4O2/c1-13(21)19-10-7-18(8-11-19)9-12-20-14-3-2-5-16(20,6-4-14)15(17)22/h2,14H,3-12H2,1H3,(H2,17,22)/t14?,16-/m0/s1. The van der Waals surface area contributed by atoms with Crippen LogP contribution in [0.15, 0.2) is 0 Å². The number of rotatable bonds is 4. The molecule has 2 bridgehead atoms. The number of hydrogen-bond acceptors (Lipinski definition) is 4. The van der Waals surface area contributed by atoms with Gasteiger partial charge in [-0.15, -0.1) is 0 Å². The molecule has 0 aliphatic carbocycles. The predicted octanol–water partition coefficient (Wildman–Crippen LogP) is -0.163. The second-order valence-corrected chi connectivity index (χ2v) is 6.86. The van der Waals surface area contributed by atoms with Crippen molar-refractivity contribution in [1.82, 2.24) is 14.7 Å². The van der Waals surface area contributed by atoms with E-state index in [0.29, 0.717) is 6.04 Å². The number of piperidine rings is 1. The molecule has 3 rings (SSSR count). The molecule has 0 aromatic rings. The van der Waals surface area contributed by atoms with Gasteiger partial charge in [-0.05, 0) is 32.1 Å². The van der Waals surface area contributed by atoms with Crippen LogP contribution in [0.2, 0.25) is 0 Å². The van der Waals surface area contributed by atoms with E-state index in [9.17, 15) is 9.59 Å². The third kappa shape index (κ3) is 2.74. The van der Waals surface area contributed by atoms with E-state index in [-0.39, 0.29) is 11.8 Å². The first kappa shape index (κ1) is 15.7. The zero-order valence-corrected chi connectivity index (χ0v) is 13.5. The summed E-state index contributed by atoms with van der Waals surface area (Å²) in [4.78, 5) is 30.0. The van der Waals surface area contributed by atoms with Gasteiger partial charge in [0.2, 0.25) is 11.8 Å². The molecule has 2 atom stereocenters. The first-order chi connectivity index (χ1) is 10.5. The molecule has 0 aromatic heterocycles. The third-order valence-electron chi connectivity index (χ3n) is 5.74. The molecule has 0 spiro atoms. The lowest BCUT2D eigenvalue weighted by Crippen LogP contribution is -2.60. The van der Waals surface area contributed by atoms with Crippen molar-refractivity contribution in [1.29, 1.82) is 0 Å². The number of fused-ring (bicyclic) bond motifs is 2. The van der Waals surface area contributed by atoms with Gasteiger partial charge in [-0.25, -0.2) is 0 Å². The molecule has 1 unspecified atom stereocenters. The minimum Gasteiger partial charge on any atom is -0.368 e. The zero-order valence-electron chi connectivity index (χ0n) is 13.5. The molecule has 3 fully saturated rings. The van der Waals surface area contributed by atoms with Gasteiger partial charge in [0.1, 0.15) is 5.54 Å². The van der Waals surface area contributed by atoms with Crippen molar-refractivity contribution in [3.63, 3.8) is 0 Å². The summed E-state index contributed by atoms with van der Waals surface area (Å²) in [6, 6.07) is 0.486. The van der Waals surface area contributed by atoms with Crippen molar-refractivity contribution in [2.45, 2.75) is 44.2 Å². The van der Waals surface area contributed by atoms with Crippen LogP contribution in [0.25, 0.3) is 0 Å². The summed E-state index contributed by atoms with van der Waals surface area (Å²) in [5, 5.41) is 0. The molecule has 1 radical (unpaired) electrons. The van der Waals surface area contributed by atoms with E-state index in [1.165, 1.54) is 0 Å². The van der Waals surface area contributed by atoms with E-state index >= 15 is 0 Å². The van der Waals surface area contributed by atoms with E-state index in [4.69, 9.17) is 5.73 Å². The summed E-state index contributed by atoms with van der Waals surface area (Å²) in [6.45, 7) is 6.97. The first-order valence-corrected chi connectivity index (χ1v) is 8.39. The molecular weight excluding hydrogens is 280 g/mol. The van der Waals surface area contributed by atoms with Crippen LogP contribution in [0.5, 0.6) is 0 Å². The molecule has 22 heavy (non-hydrogen) atoms. The first-order valence-electron chi connectivity index (χ1n) is 8.39. The van der Waals surface area contributed by atoms with Gasteiger partial charge in [-0.3, -0.25) is 19.4 Å². The van der Waals surface area contributed by atoms with E-state index < -0.39 is 5.54 Å². The van der Waals surface area contributed by atoms with Crippen LogP contribution >= 0.6 is 0 Å². The Morgan fingerprint density at radius 1 is 1.23 bits per heavy atom. The van der Waals surface area contributed by atoms with E-state index in [1.54, 1.807) is 6.92 Å². The summed E-state index contributed by atoms with van der Waals surface area (Å²) in [5.41, 5.74) is 5.31. The highest BCUT2D eigenvalue weighted by atomic mass is 16.2. The number of hydrogen-bond donors (Lipinski definition) is 1. The molecule has 2 amide bonds. The highest BCUT2D eigenvalue weighted by Gasteiger charge is 2.52. The average molecular weight is 307 g/mol. The Labute approximate surface area is 132 Å². The molecule has 3 heterocycles. The fourth-order valence-electron chi connectivity index (χ4n) is 4.33. The predicted molar refractivity (Wildman–Crippen MR) is 83.9 cm³/mol. The third-order valence-corrected chi connectivity index (χ3v) is 5.74. The highest BCUT2D eigenvalue weighted by Crippen LogP contribution is 2.43. The molecule has 0 aromatic carbocycles. The number of amides is 2. The minimum absolute atomic E-state index is 0.160. The van der Waals surface area contributed by atoms with Crippen molar-refractivity contribution in [3.05, 3.63) is 6.42 Å². The summed E-state index contributed by atoms with van der Waals surface area (Å²) in [7, 11) is 0. The van der Waals surface area contributed by atoms with Crippen molar-refractivity contribution in [2.24, 2.45) is 5.73 Å². The van der Waals surface area contributed by atoms with Crippen LogP contribution in [-0.2, 0) is 9.59 Å². The van der Waals surface area contributed by atoms with Gasteiger partial charge in [-0.1, -0.05) is 0 Å². The fourth-order valence-corrected chi connectivity index (χ4v) is 4.33. The Morgan fingerprint density at radius 2 is 1.95 bits per heavy atom. The van der Waals surface area contributed by atoms with Gasteiger partial charge in [-0.2, -0.15) is 0 Å². The summed E-state index contributed by atoms with van der Waals surface area (Å²) < 4.78 is 0. The molecule has 2 N–H and O–H groups in total. The van der Waals surface area contributed by atoms with Gasteiger partial charge in [0.05, 0.1) is 0 Å². The normalized spacial score (nSPS) is 33.1. The molecule has 3 aliphatic heterocycles. The maximum Gasteiger partial charge on any atom is 0.237 e. The van der Waals surface area contributed by atoms with Crippen molar-refractivity contribution < 1.29 is 9.59 Å². The maximum atomic E-state index is 12.0. The van der Waals surface area contributed by atoms with Crippen molar-refractivity contribution in [2.75, 3.05) is 39.3 Å². The monoisotopic (exact) mass is 307 g/mol. The molecule has 3 saturated heterocycles. The quantitative estimate of drug-likeness (QED) is 0.783. The number of piperazine rings is 1. The lowest BCUT2D eigenvalue weighted by atomic mass is 9.87. The van der Waals surface area contributed by atoms with Crippen molar-refractivity contribution >= 4 is 11.8 Å². The number of nitrogens with two attached hydrogens (primary N) is 1.